The molecule has 1 fully saturated rings. The van der Waals surface area contributed by atoms with Gasteiger partial charge in [-0.1, -0.05) is 12.1 Å². The van der Waals surface area contributed by atoms with Crippen LogP contribution in [0.5, 0.6) is 5.75 Å². The molecule has 2 aliphatic rings. The molecule has 4 rings (SSSR count). The van der Waals surface area contributed by atoms with E-state index in [0.29, 0.717) is 6.04 Å². The Bertz CT molecular complexity index is 845. The van der Waals surface area contributed by atoms with Crippen molar-refractivity contribution in [2.45, 2.75) is 44.8 Å². The summed E-state index contributed by atoms with van der Waals surface area (Å²) in [7, 11) is 3.55. The van der Waals surface area contributed by atoms with Crippen LogP contribution in [0.4, 0.5) is 17.1 Å². The number of nitrogens with zero attached hydrogens (tertiary/aromatic N) is 2. The molecule has 5 nitrogen and oxygen atoms in total. The molecule has 1 heterocycles. The fourth-order valence-electron chi connectivity index (χ4n) is 3.92. The first-order valence-corrected chi connectivity index (χ1v) is 9.60. The van der Waals surface area contributed by atoms with E-state index in [1.54, 1.807) is 12.0 Å². The lowest BCUT2D eigenvalue weighted by atomic mass is 10.1. The van der Waals surface area contributed by atoms with Gasteiger partial charge in [-0.25, -0.2) is 0 Å². The molecule has 0 saturated heterocycles. The molecule has 0 bridgehead atoms. The highest BCUT2D eigenvalue weighted by Crippen LogP contribution is 2.43. The second kappa shape index (κ2) is 6.80. The number of likely N-dealkylation sites (N-methyl/N-ethyl adjacent to an activating group) is 1. The number of rotatable bonds is 5. The number of anilines is 3. The zero-order valence-corrected chi connectivity index (χ0v) is 16.4. The average Bonchev–Trinajstić information content (AvgIpc) is 3.51. The fraction of sp³-hybridized carbons (Fsp3) is 0.409. The Labute approximate surface area is 160 Å². The number of benzene rings is 2. The van der Waals surface area contributed by atoms with Gasteiger partial charge in [0, 0.05) is 24.8 Å². The first-order valence-electron chi connectivity index (χ1n) is 9.60. The molecule has 2 aromatic carbocycles. The lowest BCUT2D eigenvalue weighted by molar-refractivity contribution is -0.119. The fourth-order valence-corrected chi connectivity index (χ4v) is 3.92. The Balaban J connectivity index is 1.60. The number of amides is 1. The van der Waals surface area contributed by atoms with Gasteiger partial charge in [-0.3, -0.25) is 4.79 Å². The van der Waals surface area contributed by atoms with Crippen molar-refractivity contribution in [3.63, 3.8) is 0 Å². The second-order valence-electron chi connectivity index (χ2n) is 7.55. The molecular formula is C22H27N3O2. The normalized spacial score (nSPS) is 20.3. The van der Waals surface area contributed by atoms with Gasteiger partial charge in [0.2, 0.25) is 5.91 Å². The summed E-state index contributed by atoms with van der Waals surface area (Å²) in [5, 5.41) is 3.60. The minimum absolute atomic E-state index is 0.107. The standard InChI is InChI=1S/C22H27N3O2/c1-14(16-5-10-19(27-4)11-6-16)23-17-7-12-20-21(13-17)25(18-8-9-18)15(2)22(26)24(20)3/h5-7,10-15,18,23H,8-9H2,1-4H3. The molecule has 1 amide bonds. The number of nitrogens with one attached hydrogen (secondary N) is 1. The number of carbonyl (C=O) groups is 1. The zero-order chi connectivity index (χ0) is 19.1. The van der Waals surface area contributed by atoms with Gasteiger partial charge in [-0.15, -0.1) is 0 Å². The highest BCUT2D eigenvalue weighted by molar-refractivity contribution is 6.05. The molecular weight excluding hydrogens is 338 g/mol. The summed E-state index contributed by atoms with van der Waals surface area (Å²) in [6, 6.07) is 15.0. The smallest absolute Gasteiger partial charge is 0.249 e. The molecule has 0 radical (unpaired) electrons. The molecule has 2 unspecified atom stereocenters. The highest BCUT2D eigenvalue weighted by atomic mass is 16.5. The van der Waals surface area contributed by atoms with Crippen molar-refractivity contribution in [2.24, 2.45) is 0 Å². The van der Waals surface area contributed by atoms with Crippen molar-refractivity contribution < 1.29 is 9.53 Å². The maximum absolute atomic E-state index is 12.6. The summed E-state index contributed by atoms with van der Waals surface area (Å²) < 4.78 is 5.24. The minimum atomic E-state index is -0.107. The molecule has 27 heavy (non-hydrogen) atoms. The van der Waals surface area contributed by atoms with Crippen LogP contribution < -0.4 is 19.9 Å². The van der Waals surface area contributed by atoms with Crippen LogP contribution in [0.2, 0.25) is 0 Å². The number of hydrogen-bond donors (Lipinski definition) is 1. The molecule has 2 aromatic rings. The van der Waals surface area contributed by atoms with Crippen molar-refractivity contribution in [1.82, 2.24) is 0 Å². The predicted molar refractivity (Wildman–Crippen MR) is 110 cm³/mol. The molecule has 142 valence electrons. The van der Waals surface area contributed by atoms with Crippen LogP contribution in [-0.2, 0) is 4.79 Å². The highest BCUT2D eigenvalue weighted by Gasteiger charge is 2.41. The first-order chi connectivity index (χ1) is 13.0. The number of fused-ring (bicyclic) bond motifs is 1. The minimum Gasteiger partial charge on any atom is -0.497 e. The summed E-state index contributed by atoms with van der Waals surface area (Å²) in [4.78, 5) is 16.7. The molecule has 0 aromatic heterocycles. The number of ether oxygens (including phenoxy) is 1. The van der Waals surface area contributed by atoms with Crippen molar-refractivity contribution in [2.75, 3.05) is 29.3 Å². The van der Waals surface area contributed by atoms with Gasteiger partial charge < -0.3 is 19.9 Å². The van der Waals surface area contributed by atoms with Gasteiger partial charge in [0.05, 0.1) is 18.5 Å². The van der Waals surface area contributed by atoms with Crippen molar-refractivity contribution in [3.05, 3.63) is 48.0 Å². The number of methoxy groups -OCH3 is 1. The molecule has 1 N–H and O–H groups in total. The summed E-state index contributed by atoms with van der Waals surface area (Å²) in [6.07, 6.45) is 2.33. The van der Waals surface area contributed by atoms with Crippen LogP contribution in [0.15, 0.2) is 42.5 Å². The largest absolute Gasteiger partial charge is 0.497 e. The Hall–Kier alpha value is -2.69. The van der Waals surface area contributed by atoms with E-state index in [1.165, 1.54) is 18.4 Å². The lowest BCUT2D eigenvalue weighted by Crippen LogP contribution is -2.51. The maximum Gasteiger partial charge on any atom is 0.249 e. The van der Waals surface area contributed by atoms with Gasteiger partial charge in [0.15, 0.2) is 0 Å². The SMILES string of the molecule is COc1ccc(C(C)Nc2ccc3c(c2)N(C2CC2)C(C)C(=O)N3C)cc1. The van der Waals surface area contributed by atoms with Crippen LogP contribution in [0.1, 0.15) is 38.3 Å². The van der Waals surface area contributed by atoms with E-state index in [0.717, 1.165) is 22.8 Å². The van der Waals surface area contributed by atoms with Gasteiger partial charge in [-0.2, -0.15) is 0 Å². The summed E-state index contributed by atoms with van der Waals surface area (Å²) >= 11 is 0. The quantitative estimate of drug-likeness (QED) is 0.862. The molecule has 1 saturated carbocycles. The van der Waals surface area contributed by atoms with E-state index in [-0.39, 0.29) is 18.0 Å². The summed E-state index contributed by atoms with van der Waals surface area (Å²) in [6.45, 7) is 4.17. The molecule has 1 aliphatic carbocycles. The maximum atomic E-state index is 12.6. The monoisotopic (exact) mass is 365 g/mol. The molecule has 1 aliphatic heterocycles. The Kier molecular flexibility index (Phi) is 4.46. The van der Waals surface area contributed by atoms with Gasteiger partial charge in [0.1, 0.15) is 11.8 Å². The summed E-state index contributed by atoms with van der Waals surface area (Å²) in [5.41, 5.74) is 4.41. The third-order valence-electron chi connectivity index (χ3n) is 5.66. The van der Waals surface area contributed by atoms with E-state index in [1.807, 2.05) is 26.1 Å². The Morgan fingerprint density at radius 1 is 1.11 bits per heavy atom. The van der Waals surface area contributed by atoms with Crippen LogP contribution in [0.25, 0.3) is 0 Å². The van der Waals surface area contributed by atoms with E-state index in [2.05, 4.69) is 47.5 Å². The average molecular weight is 365 g/mol. The van der Waals surface area contributed by atoms with Crippen LogP contribution in [0, 0.1) is 0 Å². The van der Waals surface area contributed by atoms with E-state index >= 15 is 0 Å². The summed E-state index contributed by atoms with van der Waals surface area (Å²) in [5.74, 6) is 1.03. The topological polar surface area (TPSA) is 44.8 Å². The predicted octanol–water partition coefficient (Wildman–Crippen LogP) is 4.20. The van der Waals surface area contributed by atoms with E-state index in [4.69, 9.17) is 4.74 Å². The van der Waals surface area contributed by atoms with Crippen molar-refractivity contribution >= 4 is 23.0 Å². The molecule has 0 spiro atoms. The van der Waals surface area contributed by atoms with E-state index in [9.17, 15) is 4.79 Å². The third kappa shape index (κ3) is 3.22. The Morgan fingerprint density at radius 3 is 2.44 bits per heavy atom. The van der Waals surface area contributed by atoms with Crippen molar-refractivity contribution in [1.29, 1.82) is 0 Å². The van der Waals surface area contributed by atoms with Crippen LogP contribution >= 0.6 is 0 Å². The zero-order valence-electron chi connectivity index (χ0n) is 16.4. The lowest BCUT2D eigenvalue weighted by Gasteiger charge is -2.41. The third-order valence-corrected chi connectivity index (χ3v) is 5.66. The van der Waals surface area contributed by atoms with Crippen molar-refractivity contribution in [3.8, 4) is 5.75 Å². The van der Waals surface area contributed by atoms with Crippen LogP contribution in [0.3, 0.4) is 0 Å². The number of hydrogen-bond acceptors (Lipinski definition) is 4. The first kappa shape index (κ1) is 17.7. The Morgan fingerprint density at radius 2 is 1.81 bits per heavy atom. The second-order valence-corrected chi connectivity index (χ2v) is 7.55. The van der Waals surface area contributed by atoms with Gasteiger partial charge >= 0.3 is 0 Å². The number of carbonyl (C=O) groups excluding carboxylic acids is 1. The van der Waals surface area contributed by atoms with E-state index < -0.39 is 0 Å². The van der Waals surface area contributed by atoms with Gasteiger partial charge in [0.25, 0.3) is 0 Å². The molecule has 5 heteroatoms. The van der Waals surface area contributed by atoms with Crippen LogP contribution in [-0.4, -0.2) is 32.1 Å². The van der Waals surface area contributed by atoms with Gasteiger partial charge in [-0.05, 0) is 62.6 Å². The molecule has 2 atom stereocenters.